The Morgan fingerprint density at radius 3 is 2.72 bits per heavy atom. The lowest BCUT2D eigenvalue weighted by Crippen LogP contribution is -2.51. The van der Waals surface area contributed by atoms with E-state index in [1.54, 1.807) is 0 Å². The predicted octanol–water partition coefficient (Wildman–Crippen LogP) is 2.41. The molecule has 104 valence electrons. The van der Waals surface area contributed by atoms with Gasteiger partial charge in [-0.15, -0.1) is 0 Å². The summed E-state index contributed by atoms with van der Waals surface area (Å²) in [6.45, 7) is 8.68. The molecule has 0 aromatic heterocycles. The summed E-state index contributed by atoms with van der Waals surface area (Å²) in [5.41, 5.74) is 0. The highest BCUT2D eigenvalue weighted by molar-refractivity contribution is 5.79. The van der Waals surface area contributed by atoms with Gasteiger partial charge >= 0.3 is 0 Å². The molecule has 1 amide bonds. The van der Waals surface area contributed by atoms with E-state index in [0.717, 1.165) is 25.9 Å². The van der Waals surface area contributed by atoms with Gasteiger partial charge in [0.2, 0.25) is 5.91 Å². The standard InChI is InChI=1S/C15H28N2O/c1-11(2)14-6-4-5-9-17(14)15(18)13-7-8-16-12(3)10-13/h11-14,16H,4-10H2,1-3H3/t12-,13-,14?/m0/s1. The molecule has 0 radical (unpaired) electrons. The first kappa shape index (κ1) is 13.9. The third-order valence-corrected chi connectivity index (χ3v) is 4.57. The molecular formula is C15H28N2O. The zero-order valence-corrected chi connectivity index (χ0v) is 12.1. The fourth-order valence-electron chi connectivity index (χ4n) is 3.51. The average molecular weight is 252 g/mol. The Bertz CT molecular complexity index is 290. The third kappa shape index (κ3) is 3.05. The number of carbonyl (C=O) groups is 1. The van der Waals surface area contributed by atoms with Crippen molar-refractivity contribution in [1.82, 2.24) is 10.2 Å². The first-order valence-electron chi connectivity index (χ1n) is 7.63. The molecule has 2 saturated heterocycles. The van der Waals surface area contributed by atoms with Crippen LogP contribution >= 0.6 is 0 Å². The van der Waals surface area contributed by atoms with Gasteiger partial charge in [-0.1, -0.05) is 13.8 Å². The van der Waals surface area contributed by atoms with Gasteiger partial charge in [0.05, 0.1) is 0 Å². The molecule has 2 fully saturated rings. The molecule has 1 unspecified atom stereocenters. The van der Waals surface area contributed by atoms with E-state index in [1.165, 1.54) is 19.3 Å². The van der Waals surface area contributed by atoms with Crippen LogP contribution in [-0.4, -0.2) is 36.0 Å². The molecule has 0 aliphatic carbocycles. The van der Waals surface area contributed by atoms with Crippen molar-refractivity contribution in [3.05, 3.63) is 0 Å². The lowest BCUT2D eigenvalue weighted by Gasteiger charge is -2.41. The van der Waals surface area contributed by atoms with E-state index in [4.69, 9.17) is 0 Å². The maximum absolute atomic E-state index is 12.7. The normalized spacial score (nSPS) is 33.8. The average Bonchev–Trinajstić information content (AvgIpc) is 2.38. The zero-order chi connectivity index (χ0) is 13.1. The quantitative estimate of drug-likeness (QED) is 0.818. The first-order valence-corrected chi connectivity index (χ1v) is 7.63. The van der Waals surface area contributed by atoms with Gasteiger partial charge in [-0.2, -0.15) is 0 Å². The van der Waals surface area contributed by atoms with Crippen LogP contribution in [0.1, 0.15) is 52.9 Å². The molecule has 3 heteroatoms. The van der Waals surface area contributed by atoms with Crippen molar-refractivity contribution in [3.63, 3.8) is 0 Å². The van der Waals surface area contributed by atoms with Crippen molar-refractivity contribution in [3.8, 4) is 0 Å². The fraction of sp³-hybridized carbons (Fsp3) is 0.933. The van der Waals surface area contributed by atoms with Crippen LogP contribution in [0.4, 0.5) is 0 Å². The van der Waals surface area contributed by atoms with E-state index < -0.39 is 0 Å². The van der Waals surface area contributed by atoms with Crippen molar-refractivity contribution < 1.29 is 4.79 Å². The van der Waals surface area contributed by atoms with E-state index in [2.05, 4.69) is 31.0 Å². The van der Waals surface area contributed by atoms with Crippen molar-refractivity contribution in [2.75, 3.05) is 13.1 Å². The molecule has 3 atom stereocenters. The number of rotatable bonds is 2. The molecule has 18 heavy (non-hydrogen) atoms. The van der Waals surface area contributed by atoms with Crippen molar-refractivity contribution in [1.29, 1.82) is 0 Å². The number of hydrogen-bond acceptors (Lipinski definition) is 2. The van der Waals surface area contributed by atoms with Crippen LogP contribution in [0.15, 0.2) is 0 Å². The minimum absolute atomic E-state index is 0.264. The Hall–Kier alpha value is -0.570. The summed E-state index contributed by atoms with van der Waals surface area (Å²) < 4.78 is 0. The second kappa shape index (κ2) is 6.05. The summed E-state index contributed by atoms with van der Waals surface area (Å²) in [4.78, 5) is 14.9. The summed E-state index contributed by atoms with van der Waals surface area (Å²) in [6, 6.07) is 0.978. The molecule has 1 N–H and O–H groups in total. The van der Waals surface area contributed by atoms with Gasteiger partial charge in [0.1, 0.15) is 0 Å². The third-order valence-electron chi connectivity index (χ3n) is 4.57. The van der Waals surface area contributed by atoms with E-state index in [0.29, 0.717) is 23.9 Å². The summed E-state index contributed by atoms with van der Waals surface area (Å²) in [5.74, 6) is 1.29. The zero-order valence-electron chi connectivity index (χ0n) is 12.1. The summed E-state index contributed by atoms with van der Waals surface area (Å²) in [5, 5.41) is 3.43. The fourth-order valence-corrected chi connectivity index (χ4v) is 3.51. The van der Waals surface area contributed by atoms with Crippen LogP contribution in [0.3, 0.4) is 0 Å². The molecule has 2 aliphatic rings. The maximum atomic E-state index is 12.7. The number of carbonyl (C=O) groups excluding carboxylic acids is 1. The van der Waals surface area contributed by atoms with Crippen LogP contribution in [-0.2, 0) is 4.79 Å². The van der Waals surface area contributed by atoms with Crippen molar-refractivity contribution in [2.24, 2.45) is 11.8 Å². The SMILES string of the molecule is CC(C)C1CCCCN1C(=O)[C@H]1CCN[C@@H](C)C1. The van der Waals surface area contributed by atoms with E-state index in [9.17, 15) is 4.79 Å². The summed E-state index contributed by atoms with van der Waals surface area (Å²) in [7, 11) is 0. The lowest BCUT2D eigenvalue weighted by atomic mass is 9.87. The molecule has 3 nitrogen and oxygen atoms in total. The van der Waals surface area contributed by atoms with E-state index in [-0.39, 0.29) is 5.92 Å². The Balaban J connectivity index is 2.01. The Morgan fingerprint density at radius 2 is 2.06 bits per heavy atom. The van der Waals surface area contributed by atoms with E-state index >= 15 is 0 Å². The van der Waals surface area contributed by atoms with Gasteiger partial charge in [0.15, 0.2) is 0 Å². The second-order valence-corrected chi connectivity index (χ2v) is 6.42. The number of nitrogens with one attached hydrogen (secondary N) is 1. The second-order valence-electron chi connectivity index (χ2n) is 6.42. The maximum Gasteiger partial charge on any atom is 0.226 e. The van der Waals surface area contributed by atoms with Crippen LogP contribution in [0.5, 0.6) is 0 Å². The number of nitrogens with zero attached hydrogens (tertiary/aromatic N) is 1. The largest absolute Gasteiger partial charge is 0.339 e. The minimum atomic E-state index is 0.264. The monoisotopic (exact) mass is 252 g/mol. The molecule has 2 heterocycles. The van der Waals surface area contributed by atoms with Gasteiger partial charge in [-0.3, -0.25) is 4.79 Å². The van der Waals surface area contributed by atoms with Gasteiger partial charge < -0.3 is 10.2 Å². The van der Waals surface area contributed by atoms with Crippen LogP contribution in [0.25, 0.3) is 0 Å². The lowest BCUT2D eigenvalue weighted by molar-refractivity contribution is -0.141. The highest BCUT2D eigenvalue weighted by Crippen LogP contribution is 2.27. The van der Waals surface area contributed by atoms with Gasteiger partial charge in [0, 0.05) is 24.5 Å². The van der Waals surface area contributed by atoms with Crippen LogP contribution in [0.2, 0.25) is 0 Å². The van der Waals surface area contributed by atoms with Gasteiger partial charge in [0.25, 0.3) is 0 Å². The topological polar surface area (TPSA) is 32.3 Å². The molecule has 0 spiro atoms. The Labute approximate surface area is 111 Å². The number of amides is 1. The number of hydrogen-bond donors (Lipinski definition) is 1. The minimum Gasteiger partial charge on any atom is -0.339 e. The Morgan fingerprint density at radius 1 is 1.28 bits per heavy atom. The van der Waals surface area contributed by atoms with Crippen molar-refractivity contribution >= 4 is 5.91 Å². The molecule has 2 aliphatic heterocycles. The highest BCUT2D eigenvalue weighted by Gasteiger charge is 2.34. The summed E-state index contributed by atoms with van der Waals surface area (Å²) in [6.07, 6.45) is 5.71. The first-order chi connectivity index (χ1) is 8.59. The number of piperidine rings is 2. The highest BCUT2D eigenvalue weighted by atomic mass is 16.2. The van der Waals surface area contributed by atoms with Gasteiger partial charge in [-0.25, -0.2) is 0 Å². The molecule has 0 aromatic rings. The number of likely N-dealkylation sites (tertiary alicyclic amines) is 1. The smallest absolute Gasteiger partial charge is 0.226 e. The Kier molecular flexibility index (Phi) is 4.66. The van der Waals surface area contributed by atoms with Crippen LogP contribution < -0.4 is 5.32 Å². The summed E-state index contributed by atoms with van der Waals surface area (Å²) >= 11 is 0. The van der Waals surface area contributed by atoms with E-state index in [1.807, 2.05) is 0 Å². The van der Waals surface area contributed by atoms with Crippen molar-refractivity contribution in [2.45, 2.75) is 65.0 Å². The molecule has 0 bridgehead atoms. The molecule has 0 saturated carbocycles. The molecule has 0 aromatic carbocycles. The molecular weight excluding hydrogens is 224 g/mol. The predicted molar refractivity (Wildman–Crippen MR) is 74.4 cm³/mol. The van der Waals surface area contributed by atoms with Gasteiger partial charge in [-0.05, 0) is 51.5 Å². The van der Waals surface area contributed by atoms with Crippen LogP contribution in [0, 0.1) is 11.8 Å². The molecule has 2 rings (SSSR count).